The maximum Gasteiger partial charge on any atom is 0.358 e. The molecule has 0 amide bonds. The van der Waals surface area contributed by atoms with E-state index in [0.717, 1.165) is 4.88 Å². The monoisotopic (exact) mass is 303 g/mol. The van der Waals surface area contributed by atoms with Gasteiger partial charge in [0, 0.05) is 6.20 Å². The Bertz CT molecular complexity index is 754. The molecule has 3 aromatic rings. The van der Waals surface area contributed by atoms with Crippen molar-refractivity contribution in [3.8, 4) is 16.5 Å². The van der Waals surface area contributed by atoms with Gasteiger partial charge in [-0.1, -0.05) is 11.2 Å². The first-order chi connectivity index (χ1) is 10.2. The summed E-state index contributed by atoms with van der Waals surface area (Å²) < 4.78 is 10.4. The van der Waals surface area contributed by atoms with Crippen LogP contribution < -0.4 is 4.74 Å². The number of carbonyl (C=O) groups is 1. The molecule has 0 aromatic carbocycles. The van der Waals surface area contributed by atoms with E-state index in [0.29, 0.717) is 5.82 Å². The molecular weight excluding hydrogens is 294 g/mol. The van der Waals surface area contributed by atoms with Crippen molar-refractivity contribution in [3.05, 3.63) is 47.4 Å². The van der Waals surface area contributed by atoms with Gasteiger partial charge in [0.2, 0.25) is 5.82 Å². The SMILES string of the molecule is O=C(O)c1ncccc1OCc1nc(-c2cccs2)no1. The van der Waals surface area contributed by atoms with Gasteiger partial charge in [0.05, 0.1) is 4.88 Å². The molecular formula is C13H9N3O4S. The van der Waals surface area contributed by atoms with Crippen LogP contribution in [0.2, 0.25) is 0 Å². The average molecular weight is 303 g/mol. The Morgan fingerprint density at radius 3 is 3.05 bits per heavy atom. The van der Waals surface area contributed by atoms with Gasteiger partial charge in [-0.2, -0.15) is 4.98 Å². The van der Waals surface area contributed by atoms with Crippen LogP contribution in [-0.2, 0) is 6.61 Å². The lowest BCUT2D eigenvalue weighted by Gasteiger charge is -2.04. The summed E-state index contributed by atoms with van der Waals surface area (Å²) in [6, 6.07) is 6.88. The van der Waals surface area contributed by atoms with Gasteiger partial charge in [0.15, 0.2) is 18.1 Å². The predicted octanol–water partition coefficient (Wildman–Crippen LogP) is 2.47. The summed E-state index contributed by atoms with van der Waals surface area (Å²) in [7, 11) is 0. The van der Waals surface area contributed by atoms with E-state index in [1.165, 1.54) is 23.6 Å². The molecule has 0 aliphatic rings. The highest BCUT2D eigenvalue weighted by Crippen LogP contribution is 2.22. The minimum absolute atomic E-state index is 0.0235. The van der Waals surface area contributed by atoms with E-state index in [1.54, 1.807) is 6.07 Å². The molecule has 7 nitrogen and oxygen atoms in total. The predicted molar refractivity (Wildman–Crippen MR) is 73.1 cm³/mol. The number of pyridine rings is 1. The zero-order chi connectivity index (χ0) is 14.7. The summed E-state index contributed by atoms with van der Waals surface area (Å²) >= 11 is 1.50. The lowest BCUT2D eigenvalue weighted by atomic mass is 10.3. The van der Waals surface area contributed by atoms with Gasteiger partial charge in [0.25, 0.3) is 5.89 Å². The molecule has 0 radical (unpaired) electrons. The Morgan fingerprint density at radius 1 is 1.38 bits per heavy atom. The number of hydrogen-bond donors (Lipinski definition) is 1. The highest BCUT2D eigenvalue weighted by Gasteiger charge is 2.14. The second-order valence-electron chi connectivity index (χ2n) is 3.93. The number of rotatable bonds is 5. The lowest BCUT2D eigenvalue weighted by Crippen LogP contribution is -2.05. The Labute approximate surface area is 122 Å². The van der Waals surface area contributed by atoms with Gasteiger partial charge < -0.3 is 14.4 Å². The van der Waals surface area contributed by atoms with Crippen molar-refractivity contribution in [1.29, 1.82) is 0 Å². The van der Waals surface area contributed by atoms with Gasteiger partial charge >= 0.3 is 5.97 Å². The number of aromatic nitrogens is 3. The van der Waals surface area contributed by atoms with Crippen LogP contribution in [0.25, 0.3) is 10.7 Å². The van der Waals surface area contributed by atoms with E-state index < -0.39 is 5.97 Å². The molecule has 0 fully saturated rings. The third kappa shape index (κ3) is 2.90. The van der Waals surface area contributed by atoms with Crippen LogP contribution >= 0.6 is 11.3 Å². The van der Waals surface area contributed by atoms with Crippen molar-refractivity contribution in [2.75, 3.05) is 0 Å². The zero-order valence-corrected chi connectivity index (χ0v) is 11.4. The fourth-order valence-electron chi connectivity index (χ4n) is 1.63. The Morgan fingerprint density at radius 2 is 2.29 bits per heavy atom. The smallest absolute Gasteiger partial charge is 0.358 e. The topological polar surface area (TPSA) is 98.3 Å². The van der Waals surface area contributed by atoms with Gasteiger partial charge in [-0.25, -0.2) is 9.78 Å². The highest BCUT2D eigenvalue weighted by molar-refractivity contribution is 7.13. The van der Waals surface area contributed by atoms with Crippen molar-refractivity contribution in [3.63, 3.8) is 0 Å². The normalized spacial score (nSPS) is 10.5. The summed E-state index contributed by atoms with van der Waals surface area (Å²) in [4.78, 5) is 19.8. The minimum atomic E-state index is -1.16. The second kappa shape index (κ2) is 5.71. The van der Waals surface area contributed by atoms with E-state index in [1.807, 2.05) is 17.5 Å². The standard InChI is InChI=1S/C13H9N3O4S/c17-13(18)11-8(3-1-5-14-11)19-7-10-15-12(16-20-10)9-4-2-6-21-9/h1-6H,7H2,(H,17,18). The van der Waals surface area contributed by atoms with Crippen molar-refractivity contribution in [1.82, 2.24) is 15.1 Å². The third-order valence-corrected chi connectivity index (χ3v) is 3.40. The van der Waals surface area contributed by atoms with Crippen LogP contribution in [0.5, 0.6) is 5.75 Å². The van der Waals surface area contributed by atoms with E-state index in [4.69, 9.17) is 14.4 Å². The summed E-state index contributed by atoms with van der Waals surface area (Å²) in [6.07, 6.45) is 1.39. The Balaban J connectivity index is 1.73. The summed E-state index contributed by atoms with van der Waals surface area (Å²) in [5.41, 5.74) is -0.157. The minimum Gasteiger partial charge on any atom is -0.481 e. The first kappa shape index (κ1) is 13.3. The lowest BCUT2D eigenvalue weighted by molar-refractivity contribution is 0.0684. The number of hydrogen-bond acceptors (Lipinski definition) is 7. The number of carboxylic acids is 1. The maximum absolute atomic E-state index is 11.0. The van der Waals surface area contributed by atoms with Crippen LogP contribution in [0.15, 0.2) is 40.4 Å². The fraction of sp³-hybridized carbons (Fsp3) is 0.0769. The second-order valence-corrected chi connectivity index (χ2v) is 4.88. The summed E-state index contributed by atoms with van der Waals surface area (Å²) in [5, 5.41) is 14.8. The molecule has 0 bridgehead atoms. The van der Waals surface area contributed by atoms with Crippen LogP contribution in [0.1, 0.15) is 16.4 Å². The van der Waals surface area contributed by atoms with Crippen molar-refractivity contribution in [2.45, 2.75) is 6.61 Å². The van der Waals surface area contributed by atoms with Gasteiger partial charge in [-0.3, -0.25) is 0 Å². The fourth-order valence-corrected chi connectivity index (χ4v) is 2.28. The number of nitrogens with zero attached hydrogens (tertiary/aromatic N) is 3. The van der Waals surface area contributed by atoms with Crippen LogP contribution in [0.4, 0.5) is 0 Å². The summed E-state index contributed by atoms with van der Waals surface area (Å²) in [5.74, 6) is -0.261. The molecule has 0 spiro atoms. The van der Waals surface area contributed by atoms with Crippen LogP contribution in [0.3, 0.4) is 0 Å². The molecule has 3 heterocycles. The van der Waals surface area contributed by atoms with Crippen LogP contribution in [0, 0.1) is 0 Å². The number of aromatic carboxylic acids is 1. The molecule has 0 aliphatic heterocycles. The molecule has 8 heteroatoms. The molecule has 3 rings (SSSR count). The van der Waals surface area contributed by atoms with E-state index in [-0.39, 0.29) is 23.9 Å². The average Bonchev–Trinajstić information content (AvgIpc) is 3.16. The number of ether oxygens (including phenoxy) is 1. The molecule has 21 heavy (non-hydrogen) atoms. The zero-order valence-electron chi connectivity index (χ0n) is 10.6. The number of thiophene rings is 1. The largest absolute Gasteiger partial charge is 0.481 e. The molecule has 3 aromatic heterocycles. The van der Waals surface area contributed by atoms with Crippen molar-refractivity contribution < 1.29 is 19.2 Å². The first-order valence-electron chi connectivity index (χ1n) is 5.91. The van der Waals surface area contributed by atoms with Gasteiger partial charge in [-0.05, 0) is 23.6 Å². The maximum atomic E-state index is 11.0. The highest BCUT2D eigenvalue weighted by atomic mass is 32.1. The molecule has 0 atom stereocenters. The van der Waals surface area contributed by atoms with Gasteiger partial charge in [0.1, 0.15) is 0 Å². The molecule has 0 saturated carbocycles. The van der Waals surface area contributed by atoms with Crippen molar-refractivity contribution in [2.24, 2.45) is 0 Å². The van der Waals surface area contributed by atoms with Crippen molar-refractivity contribution >= 4 is 17.3 Å². The van der Waals surface area contributed by atoms with Crippen LogP contribution in [-0.4, -0.2) is 26.2 Å². The molecule has 0 saturated heterocycles. The Hall–Kier alpha value is -2.74. The van der Waals surface area contributed by atoms with E-state index >= 15 is 0 Å². The Kier molecular flexibility index (Phi) is 3.61. The molecule has 0 aliphatic carbocycles. The van der Waals surface area contributed by atoms with E-state index in [2.05, 4.69) is 15.1 Å². The quantitative estimate of drug-likeness (QED) is 0.773. The number of carboxylic acid groups (broad SMARTS) is 1. The molecule has 0 unspecified atom stereocenters. The van der Waals surface area contributed by atoms with E-state index in [9.17, 15) is 4.79 Å². The first-order valence-corrected chi connectivity index (χ1v) is 6.79. The molecule has 1 N–H and O–H groups in total. The third-order valence-electron chi connectivity index (χ3n) is 2.53. The molecule has 106 valence electrons. The summed E-state index contributed by atoms with van der Waals surface area (Å²) in [6.45, 7) is -0.0235. The van der Waals surface area contributed by atoms with Gasteiger partial charge in [-0.15, -0.1) is 11.3 Å².